The quantitative estimate of drug-likeness (QED) is 0.267. The zero-order chi connectivity index (χ0) is 29.2. The molecule has 3 aliphatic heterocycles. The molecule has 3 fully saturated rings. The van der Waals surface area contributed by atoms with Gasteiger partial charge in [0.05, 0.1) is 27.3 Å². The maximum absolute atomic E-state index is 14.8. The van der Waals surface area contributed by atoms with Gasteiger partial charge in [-0.1, -0.05) is 55.7 Å². The predicted octanol–water partition coefficient (Wildman–Crippen LogP) is 4.70. The highest BCUT2D eigenvalue weighted by Gasteiger charge is 2.76. The maximum atomic E-state index is 14.8. The molecular formula is C31H42ClN3O4S. The van der Waals surface area contributed by atoms with E-state index in [-0.39, 0.29) is 42.0 Å². The van der Waals surface area contributed by atoms with Crippen LogP contribution in [0.2, 0.25) is 5.02 Å². The molecule has 3 amide bonds. The average Bonchev–Trinajstić information content (AvgIpc) is 3.51. The van der Waals surface area contributed by atoms with E-state index in [4.69, 9.17) is 11.6 Å². The van der Waals surface area contributed by atoms with Crippen molar-refractivity contribution in [1.82, 2.24) is 9.80 Å². The second-order valence-corrected chi connectivity index (χ2v) is 13.3. The Kier molecular flexibility index (Phi) is 9.74. The van der Waals surface area contributed by atoms with Crippen LogP contribution in [0, 0.1) is 24.7 Å². The number of benzene rings is 1. The summed E-state index contributed by atoms with van der Waals surface area (Å²) in [7, 11) is 1.75. The number of fused-ring (bicyclic) bond motifs is 1. The van der Waals surface area contributed by atoms with Gasteiger partial charge in [-0.25, -0.2) is 0 Å². The summed E-state index contributed by atoms with van der Waals surface area (Å²) in [5.74, 6) is -1.27. The van der Waals surface area contributed by atoms with E-state index in [0.29, 0.717) is 30.2 Å². The summed E-state index contributed by atoms with van der Waals surface area (Å²) in [6.07, 6.45) is 7.30. The highest BCUT2D eigenvalue weighted by molar-refractivity contribution is 8.02. The number of rotatable bonds is 13. The zero-order valence-corrected chi connectivity index (χ0v) is 25.4. The lowest BCUT2D eigenvalue weighted by Gasteiger charge is -2.41. The fraction of sp³-hybridized carbons (Fsp3) is 0.581. The van der Waals surface area contributed by atoms with Crippen molar-refractivity contribution >= 4 is 46.8 Å². The number of anilines is 1. The summed E-state index contributed by atoms with van der Waals surface area (Å²) in [4.78, 5) is 48.0. The van der Waals surface area contributed by atoms with Gasteiger partial charge in [-0.05, 0) is 43.7 Å². The number of hydrogen-bond acceptors (Lipinski definition) is 5. The van der Waals surface area contributed by atoms with E-state index in [9.17, 15) is 19.5 Å². The third-order valence-electron chi connectivity index (χ3n) is 8.89. The first-order valence-electron chi connectivity index (χ1n) is 14.3. The van der Waals surface area contributed by atoms with Gasteiger partial charge < -0.3 is 19.8 Å². The molecule has 2 bridgehead atoms. The van der Waals surface area contributed by atoms with Crippen LogP contribution < -0.4 is 4.90 Å². The molecular weight excluding hydrogens is 546 g/mol. The smallest absolute Gasteiger partial charge is 0.251 e. The van der Waals surface area contributed by atoms with Crippen molar-refractivity contribution in [3.8, 4) is 0 Å². The van der Waals surface area contributed by atoms with Crippen LogP contribution in [0.1, 0.15) is 44.6 Å². The van der Waals surface area contributed by atoms with Gasteiger partial charge in [0.15, 0.2) is 0 Å². The van der Waals surface area contributed by atoms with E-state index in [1.807, 2.05) is 19.1 Å². The lowest BCUT2D eigenvalue weighted by Crippen LogP contribution is -2.57. The molecule has 9 heteroatoms. The SMILES string of the molecule is C=CCN(C)C(=O)[C@@H]1[C@@H]2CC(C)C3(S2)C(C(=O)N(CC=C)c2c(C)cccc2Cl)N(CCCCCCO)C(=O)[C@H]13. The maximum Gasteiger partial charge on any atom is 0.251 e. The first-order valence-corrected chi connectivity index (χ1v) is 15.5. The molecule has 3 unspecified atom stereocenters. The molecule has 6 atom stereocenters. The van der Waals surface area contributed by atoms with Gasteiger partial charge in [-0.2, -0.15) is 0 Å². The molecule has 1 aromatic carbocycles. The topological polar surface area (TPSA) is 81.2 Å². The number of likely N-dealkylation sites (tertiary alicyclic amines) is 1. The summed E-state index contributed by atoms with van der Waals surface area (Å²) in [5, 5.41) is 9.65. The number of para-hydroxylation sites is 1. The van der Waals surface area contributed by atoms with Crippen LogP contribution in [0.15, 0.2) is 43.5 Å². The summed E-state index contributed by atoms with van der Waals surface area (Å²) >= 11 is 8.35. The number of aliphatic hydroxyl groups excluding tert-OH is 1. The van der Waals surface area contributed by atoms with E-state index in [0.717, 1.165) is 31.2 Å². The van der Waals surface area contributed by atoms with Crippen LogP contribution in [0.3, 0.4) is 0 Å². The Morgan fingerprint density at radius 3 is 2.52 bits per heavy atom. The van der Waals surface area contributed by atoms with E-state index in [1.165, 1.54) is 0 Å². The monoisotopic (exact) mass is 587 g/mol. The Labute approximate surface area is 247 Å². The normalized spacial score (nSPS) is 28.5. The van der Waals surface area contributed by atoms with E-state index < -0.39 is 22.6 Å². The second kappa shape index (κ2) is 12.7. The number of aryl methyl sites for hydroxylation is 1. The molecule has 7 nitrogen and oxygen atoms in total. The van der Waals surface area contributed by atoms with Gasteiger partial charge in [0.25, 0.3) is 5.91 Å². The van der Waals surface area contributed by atoms with Crippen molar-refractivity contribution < 1.29 is 19.5 Å². The molecule has 1 aromatic rings. The molecule has 1 spiro atoms. The minimum absolute atomic E-state index is 0.0133. The second-order valence-electron chi connectivity index (χ2n) is 11.4. The molecule has 0 aliphatic carbocycles. The number of likely N-dealkylation sites (N-methyl/N-ethyl adjacent to an activating group) is 1. The summed E-state index contributed by atoms with van der Waals surface area (Å²) in [5.41, 5.74) is 1.50. The van der Waals surface area contributed by atoms with Gasteiger partial charge in [-0.3, -0.25) is 14.4 Å². The number of amides is 3. The number of carbonyl (C=O) groups is 3. The van der Waals surface area contributed by atoms with Gasteiger partial charge in [-0.15, -0.1) is 24.9 Å². The third kappa shape index (κ3) is 5.12. The van der Waals surface area contributed by atoms with Gasteiger partial charge in [0, 0.05) is 38.5 Å². The molecule has 4 rings (SSSR count). The molecule has 0 radical (unpaired) electrons. The predicted molar refractivity (Wildman–Crippen MR) is 162 cm³/mol. The standard InChI is InChI=1S/C31H42ClN3O4S/c1-6-15-33(5)28(37)24-23-19-21(4)31(40-23)25(24)29(38)35(17-10-8-9-11-18-36)27(31)30(39)34(16-7-2)26-20(3)13-12-14-22(26)32/h6-7,12-14,21,23-25,27,36H,1-2,8-11,15-19H2,3-5H3/t21?,23-,24+,25-,27?,31?/m0/s1. The fourth-order valence-electron chi connectivity index (χ4n) is 7.14. The Hall–Kier alpha value is -2.29. The highest BCUT2D eigenvalue weighted by atomic mass is 35.5. The third-order valence-corrected chi connectivity index (χ3v) is 11.3. The molecule has 3 heterocycles. The van der Waals surface area contributed by atoms with Gasteiger partial charge in [0.2, 0.25) is 11.8 Å². The van der Waals surface area contributed by atoms with E-state index >= 15 is 0 Å². The van der Waals surface area contributed by atoms with Crippen LogP contribution >= 0.6 is 23.4 Å². The van der Waals surface area contributed by atoms with Crippen molar-refractivity contribution in [2.75, 3.05) is 38.2 Å². The Morgan fingerprint density at radius 1 is 1.18 bits per heavy atom. The molecule has 3 aliphatic rings. The van der Waals surface area contributed by atoms with E-state index in [2.05, 4.69) is 20.1 Å². The van der Waals surface area contributed by atoms with Crippen LogP contribution in [0.25, 0.3) is 0 Å². The van der Waals surface area contributed by atoms with Crippen LogP contribution in [0.4, 0.5) is 5.69 Å². The Balaban J connectivity index is 1.78. The molecule has 1 N–H and O–H groups in total. The lowest BCUT2D eigenvalue weighted by molar-refractivity contribution is -0.143. The molecule has 3 saturated heterocycles. The summed E-state index contributed by atoms with van der Waals surface area (Å²) < 4.78 is -0.701. The number of thioether (sulfide) groups is 1. The van der Waals surface area contributed by atoms with Crippen LogP contribution in [-0.4, -0.2) is 82.0 Å². The van der Waals surface area contributed by atoms with E-state index in [1.54, 1.807) is 51.7 Å². The number of nitrogens with zero attached hydrogens (tertiary/aromatic N) is 3. The lowest BCUT2D eigenvalue weighted by atomic mass is 9.65. The van der Waals surface area contributed by atoms with Crippen LogP contribution in [0.5, 0.6) is 0 Å². The van der Waals surface area contributed by atoms with Crippen molar-refractivity contribution in [2.45, 2.75) is 62.0 Å². The average molecular weight is 588 g/mol. The molecule has 218 valence electrons. The molecule has 0 saturated carbocycles. The number of aliphatic hydroxyl groups is 1. The first-order chi connectivity index (χ1) is 19.1. The van der Waals surface area contributed by atoms with Crippen molar-refractivity contribution in [2.24, 2.45) is 17.8 Å². The molecule has 0 aromatic heterocycles. The molecule has 40 heavy (non-hydrogen) atoms. The van der Waals surface area contributed by atoms with Crippen LogP contribution in [-0.2, 0) is 14.4 Å². The van der Waals surface area contributed by atoms with Crippen molar-refractivity contribution in [3.63, 3.8) is 0 Å². The highest BCUT2D eigenvalue weighted by Crippen LogP contribution is 2.69. The van der Waals surface area contributed by atoms with Gasteiger partial charge >= 0.3 is 0 Å². The van der Waals surface area contributed by atoms with Crippen molar-refractivity contribution in [1.29, 1.82) is 0 Å². The zero-order valence-electron chi connectivity index (χ0n) is 23.9. The first kappa shape index (κ1) is 30.7. The number of hydrogen-bond donors (Lipinski definition) is 1. The number of unbranched alkanes of at least 4 members (excludes halogenated alkanes) is 3. The van der Waals surface area contributed by atoms with Gasteiger partial charge in [0.1, 0.15) is 6.04 Å². The summed E-state index contributed by atoms with van der Waals surface area (Å²) in [6, 6.07) is 4.84. The summed E-state index contributed by atoms with van der Waals surface area (Å²) in [6.45, 7) is 13.0. The largest absolute Gasteiger partial charge is 0.396 e. The number of halogens is 1. The van der Waals surface area contributed by atoms with Crippen molar-refractivity contribution in [3.05, 3.63) is 54.1 Å². The minimum Gasteiger partial charge on any atom is -0.396 e. The fourth-order valence-corrected chi connectivity index (χ4v) is 9.87. The minimum atomic E-state index is -0.717. The Bertz CT molecular complexity index is 1140. The number of carbonyl (C=O) groups excluding carboxylic acids is 3. The Morgan fingerprint density at radius 2 is 1.88 bits per heavy atom.